The molecular weight excluding hydrogens is 326 g/mol. The van der Waals surface area contributed by atoms with Gasteiger partial charge in [-0.25, -0.2) is 9.97 Å². The standard InChI is InChI=1S/C20H25N5O/c1-5-26-19-24-16-15(22-18(23-16)20(2,3)4)17-21-14(12-25(17)19)11-13-9-7-6-8-10-13/h6-10,14,21H,5,11-12H2,1-4H3/t14-/m1/s1. The lowest BCUT2D eigenvalue weighted by molar-refractivity contribution is 0.294. The van der Waals surface area contributed by atoms with Crippen LogP contribution in [-0.2, 0) is 18.4 Å². The summed E-state index contributed by atoms with van der Waals surface area (Å²) in [6.07, 6.45) is 0.940. The van der Waals surface area contributed by atoms with Crippen LogP contribution in [0.5, 0.6) is 6.01 Å². The number of aromatic nitrogens is 4. The lowest BCUT2D eigenvalue weighted by Gasteiger charge is -2.12. The van der Waals surface area contributed by atoms with Crippen LogP contribution in [0.4, 0.5) is 5.82 Å². The second kappa shape index (κ2) is 6.27. The van der Waals surface area contributed by atoms with Crippen molar-refractivity contribution in [3.05, 3.63) is 41.7 Å². The smallest absolute Gasteiger partial charge is 0.300 e. The molecular formula is C20H25N5O. The summed E-state index contributed by atoms with van der Waals surface area (Å²) in [5.74, 6) is 2.42. The molecule has 0 aliphatic carbocycles. The van der Waals surface area contributed by atoms with E-state index in [0.29, 0.717) is 18.4 Å². The van der Waals surface area contributed by atoms with Crippen molar-refractivity contribution in [2.45, 2.75) is 52.1 Å². The number of rotatable bonds is 4. The maximum absolute atomic E-state index is 5.79. The van der Waals surface area contributed by atoms with Gasteiger partial charge in [-0.1, -0.05) is 51.1 Å². The van der Waals surface area contributed by atoms with E-state index in [9.17, 15) is 0 Å². The maximum atomic E-state index is 5.79. The summed E-state index contributed by atoms with van der Waals surface area (Å²) in [7, 11) is 0. The van der Waals surface area contributed by atoms with Crippen LogP contribution in [0, 0.1) is 0 Å². The average Bonchev–Trinajstić information content (AvgIpc) is 3.19. The van der Waals surface area contributed by atoms with E-state index < -0.39 is 0 Å². The molecule has 1 atom stereocenters. The Labute approximate surface area is 154 Å². The van der Waals surface area contributed by atoms with Crippen molar-refractivity contribution in [1.82, 2.24) is 19.5 Å². The molecule has 1 aromatic rings. The first-order valence-corrected chi connectivity index (χ1v) is 9.17. The number of hydrogen-bond acceptors (Lipinski definition) is 5. The Hall–Kier alpha value is -2.63. The molecule has 3 aliphatic rings. The Kier molecular flexibility index (Phi) is 4.05. The molecule has 1 N–H and O–H groups in total. The van der Waals surface area contributed by atoms with Crippen molar-refractivity contribution in [2.75, 3.05) is 11.9 Å². The Bertz CT molecular complexity index is 881. The molecule has 0 radical (unpaired) electrons. The zero-order valence-electron chi connectivity index (χ0n) is 15.8. The highest BCUT2D eigenvalue weighted by Gasteiger charge is 2.33. The van der Waals surface area contributed by atoms with Crippen LogP contribution in [0.25, 0.3) is 11.5 Å². The lowest BCUT2D eigenvalue weighted by atomic mass is 9.96. The molecule has 136 valence electrons. The van der Waals surface area contributed by atoms with Crippen molar-refractivity contribution in [1.29, 1.82) is 0 Å². The van der Waals surface area contributed by atoms with Crippen LogP contribution >= 0.6 is 0 Å². The summed E-state index contributed by atoms with van der Waals surface area (Å²) in [6.45, 7) is 9.69. The number of nitrogens with zero attached hydrogens (tertiary/aromatic N) is 4. The van der Waals surface area contributed by atoms with Crippen molar-refractivity contribution >= 4 is 5.82 Å². The minimum absolute atomic E-state index is 0.119. The number of hydrogen-bond donors (Lipinski definition) is 1. The SMILES string of the molecule is CCOc1nc2nc(C(C)(C)C)nc-2c2n1C[C@@H](Cc1ccccc1)N2. The number of fused-ring (bicyclic) bond motifs is 3. The molecule has 6 nitrogen and oxygen atoms in total. The highest BCUT2D eigenvalue weighted by atomic mass is 16.5. The summed E-state index contributed by atoms with van der Waals surface area (Å²) < 4.78 is 7.89. The molecule has 0 fully saturated rings. The molecule has 0 amide bonds. The molecule has 1 aromatic carbocycles. The molecule has 3 aliphatic heterocycles. The minimum Gasteiger partial charge on any atom is -0.465 e. The molecule has 26 heavy (non-hydrogen) atoms. The summed E-state index contributed by atoms with van der Waals surface area (Å²) in [5.41, 5.74) is 2.02. The largest absolute Gasteiger partial charge is 0.465 e. The Balaban J connectivity index is 1.72. The predicted octanol–water partition coefficient (Wildman–Crippen LogP) is 3.51. The monoisotopic (exact) mass is 351 g/mol. The molecule has 3 heterocycles. The van der Waals surface area contributed by atoms with Crippen LogP contribution in [0.3, 0.4) is 0 Å². The minimum atomic E-state index is -0.119. The van der Waals surface area contributed by atoms with Gasteiger partial charge in [-0.3, -0.25) is 4.57 Å². The summed E-state index contributed by atoms with van der Waals surface area (Å²) in [5, 5.41) is 3.63. The third-order valence-corrected chi connectivity index (χ3v) is 4.58. The van der Waals surface area contributed by atoms with Gasteiger partial charge in [-0.05, 0) is 18.9 Å². The van der Waals surface area contributed by atoms with E-state index in [1.165, 1.54) is 5.56 Å². The van der Waals surface area contributed by atoms with Gasteiger partial charge < -0.3 is 10.1 Å². The van der Waals surface area contributed by atoms with Crippen molar-refractivity contribution in [2.24, 2.45) is 0 Å². The lowest BCUT2D eigenvalue weighted by Crippen LogP contribution is -2.19. The topological polar surface area (TPSA) is 64.9 Å². The summed E-state index contributed by atoms with van der Waals surface area (Å²) in [6, 6.07) is 11.4. The van der Waals surface area contributed by atoms with Gasteiger partial charge in [0.25, 0.3) is 6.01 Å². The van der Waals surface area contributed by atoms with Gasteiger partial charge in [0.1, 0.15) is 11.6 Å². The molecule has 0 spiro atoms. The van der Waals surface area contributed by atoms with Crippen LogP contribution in [-0.4, -0.2) is 32.2 Å². The van der Waals surface area contributed by atoms with E-state index in [1.54, 1.807) is 0 Å². The number of anilines is 1. The van der Waals surface area contributed by atoms with Gasteiger partial charge in [0.05, 0.1) is 6.61 Å². The van der Waals surface area contributed by atoms with E-state index in [0.717, 1.165) is 30.3 Å². The summed E-state index contributed by atoms with van der Waals surface area (Å²) in [4.78, 5) is 14.1. The fourth-order valence-electron chi connectivity index (χ4n) is 3.31. The summed E-state index contributed by atoms with van der Waals surface area (Å²) >= 11 is 0. The fraction of sp³-hybridized carbons (Fsp3) is 0.450. The second-order valence-corrected chi connectivity index (χ2v) is 7.79. The third-order valence-electron chi connectivity index (χ3n) is 4.58. The first-order chi connectivity index (χ1) is 12.5. The van der Waals surface area contributed by atoms with Crippen LogP contribution in [0.2, 0.25) is 0 Å². The number of nitrogens with one attached hydrogen (secondary N) is 1. The van der Waals surface area contributed by atoms with E-state index in [1.807, 2.05) is 13.0 Å². The molecule has 0 saturated carbocycles. The quantitative estimate of drug-likeness (QED) is 0.779. The van der Waals surface area contributed by atoms with E-state index >= 15 is 0 Å². The zero-order valence-corrected chi connectivity index (χ0v) is 15.8. The number of benzene rings is 1. The van der Waals surface area contributed by atoms with Crippen LogP contribution in [0.1, 0.15) is 39.1 Å². The van der Waals surface area contributed by atoms with Crippen molar-refractivity contribution < 1.29 is 4.74 Å². The zero-order chi connectivity index (χ0) is 18.3. The third kappa shape index (κ3) is 3.00. The van der Waals surface area contributed by atoms with E-state index in [4.69, 9.17) is 9.72 Å². The molecule has 6 heteroatoms. The first kappa shape index (κ1) is 16.8. The Morgan fingerprint density at radius 2 is 1.92 bits per heavy atom. The van der Waals surface area contributed by atoms with E-state index in [-0.39, 0.29) is 11.5 Å². The normalized spacial score (nSPS) is 16.5. The molecule has 4 rings (SSSR count). The number of ether oxygens (including phenoxy) is 1. The van der Waals surface area contributed by atoms with Gasteiger partial charge in [-0.2, -0.15) is 4.98 Å². The van der Waals surface area contributed by atoms with Gasteiger partial charge in [0, 0.05) is 18.0 Å². The van der Waals surface area contributed by atoms with E-state index in [2.05, 4.69) is 64.9 Å². The average molecular weight is 351 g/mol. The van der Waals surface area contributed by atoms with Crippen molar-refractivity contribution in [3.63, 3.8) is 0 Å². The van der Waals surface area contributed by atoms with Crippen LogP contribution < -0.4 is 10.1 Å². The van der Waals surface area contributed by atoms with Crippen LogP contribution in [0.15, 0.2) is 30.3 Å². The van der Waals surface area contributed by atoms with Gasteiger partial charge in [-0.15, -0.1) is 0 Å². The Morgan fingerprint density at radius 1 is 1.15 bits per heavy atom. The molecule has 0 saturated heterocycles. The maximum Gasteiger partial charge on any atom is 0.300 e. The molecule has 0 aromatic heterocycles. The fourth-order valence-corrected chi connectivity index (χ4v) is 3.31. The predicted molar refractivity (Wildman–Crippen MR) is 102 cm³/mol. The molecule has 0 unspecified atom stereocenters. The van der Waals surface area contributed by atoms with Gasteiger partial charge in [0.2, 0.25) is 0 Å². The highest BCUT2D eigenvalue weighted by molar-refractivity contribution is 5.70. The second-order valence-electron chi connectivity index (χ2n) is 7.79. The highest BCUT2D eigenvalue weighted by Crippen LogP contribution is 2.37. The van der Waals surface area contributed by atoms with Gasteiger partial charge >= 0.3 is 0 Å². The first-order valence-electron chi connectivity index (χ1n) is 9.17. The number of imidazole rings is 1. The van der Waals surface area contributed by atoms with Gasteiger partial charge in [0.15, 0.2) is 11.5 Å². The Morgan fingerprint density at radius 3 is 2.62 bits per heavy atom. The molecule has 0 bridgehead atoms. The van der Waals surface area contributed by atoms with Crippen molar-refractivity contribution in [3.8, 4) is 17.5 Å².